The Morgan fingerprint density at radius 1 is 1.06 bits per heavy atom. The van der Waals surface area contributed by atoms with E-state index in [1.165, 1.54) is 12.8 Å². The van der Waals surface area contributed by atoms with Gasteiger partial charge in [0.1, 0.15) is 11.6 Å². The fourth-order valence-electron chi connectivity index (χ4n) is 4.83. The molecular formula is C24H29BN6O2. The van der Waals surface area contributed by atoms with Gasteiger partial charge in [0, 0.05) is 36.6 Å². The van der Waals surface area contributed by atoms with Crippen molar-refractivity contribution in [3.05, 3.63) is 54.5 Å². The quantitative estimate of drug-likeness (QED) is 0.444. The summed E-state index contributed by atoms with van der Waals surface area (Å²) in [6, 6.07) is 12.5. The Kier molecular flexibility index (Phi) is 5.68. The van der Waals surface area contributed by atoms with Gasteiger partial charge in [0.2, 0.25) is 0 Å². The van der Waals surface area contributed by atoms with Crippen molar-refractivity contribution >= 4 is 29.4 Å². The van der Waals surface area contributed by atoms with Crippen LogP contribution in [-0.2, 0) is 13.1 Å². The zero-order valence-corrected chi connectivity index (χ0v) is 19.3. The summed E-state index contributed by atoms with van der Waals surface area (Å²) in [5, 5.41) is 23.9. The van der Waals surface area contributed by atoms with Crippen LogP contribution in [0, 0.1) is 0 Å². The van der Waals surface area contributed by atoms with Crippen molar-refractivity contribution in [2.24, 2.45) is 0 Å². The minimum Gasteiger partial charge on any atom is -0.423 e. The molecule has 0 aliphatic carbocycles. The highest BCUT2D eigenvalue weighted by Gasteiger charge is 2.28. The molecule has 0 saturated carbocycles. The molecule has 0 spiro atoms. The first-order valence-electron chi connectivity index (χ1n) is 11.6. The molecule has 1 fully saturated rings. The van der Waals surface area contributed by atoms with E-state index in [2.05, 4.69) is 47.5 Å². The fraction of sp³-hybridized carbons (Fsp3) is 0.375. The summed E-state index contributed by atoms with van der Waals surface area (Å²) in [6.07, 6.45) is 6.23. The topological polar surface area (TPSA) is 92.2 Å². The van der Waals surface area contributed by atoms with Gasteiger partial charge < -0.3 is 19.5 Å². The minimum absolute atomic E-state index is 0.416. The maximum absolute atomic E-state index is 9.61. The van der Waals surface area contributed by atoms with Crippen LogP contribution in [0.15, 0.2) is 48.8 Å². The molecule has 4 aromatic rings. The first kappa shape index (κ1) is 21.7. The first-order chi connectivity index (χ1) is 15.9. The number of anilines is 1. The van der Waals surface area contributed by atoms with Crippen LogP contribution in [0.3, 0.4) is 0 Å². The summed E-state index contributed by atoms with van der Waals surface area (Å²) in [6.45, 7) is 7.93. The molecular weight excluding hydrogens is 415 g/mol. The van der Waals surface area contributed by atoms with Crippen LogP contribution in [0.5, 0.6) is 0 Å². The highest BCUT2D eigenvalue weighted by molar-refractivity contribution is 6.58. The van der Waals surface area contributed by atoms with Crippen LogP contribution in [0.2, 0.25) is 0 Å². The van der Waals surface area contributed by atoms with E-state index < -0.39 is 7.12 Å². The van der Waals surface area contributed by atoms with Gasteiger partial charge in [0.25, 0.3) is 0 Å². The van der Waals surface area contributed by atoms with Crippen molar-refractivity contribution in [1.29, 1.82) is 0 Å². The molecule has 9 heteroatoms. The highest BCUT2D eigenvalue weighted by Crippen LogP contribution is 2.31. The standard InChI is InChI=1S/C24H29BN6O2/c1-4-29-12-11-20(28-29)15-30-22-9-8-19(25(32)33)13-21(22)27-24(30)18-7-10-23(26-14-18)31-16(2)5-6-17(31)3/h7-14,16-17,32-33H,4-6,15H2,1-3H3/t16-,17?/m0/s1. The van der Waals surface area contributed by atoms with Gasteiger partial charge in [0.05, 0.1) is 23.3 Å². The van der Waals surface area contributed by atoms with Crippen molar-refractivity contribution < 1.29 is 10.0 Å². The SMILES string of the molecule is CCn1ccc(Cn2c(-c3ccc(N4C(C)CC[C@@H]4C)nc3)nc3cc(B(O)O)ccc32)n1. The molecule has 2 N–H and O–H groups in total. The summed E-state index contributed by atoms with van der Waals surface area (Å²) in [5.74, 6) is 1.77. The third-order valence-corrected chi connectivity index (χ3v) is 6.63. The van der Waals surface area contributed by atoms with Gasteiger partial charge >= 0.3 is 7.12 Å². The molecule has 1 aromatic carbocycles. The lowest BCUT2D eigenvalue weighted by Gasteiger charge is -2.27. The van der Waals surface area contributed by atoms with Crippen molar-refractivity contribution in [3.63, 3.8) is 0 Å². The van der Waals surface area contributed by atoms with Gasteiger partial charge in [-0.05, 0) is 69.4 Å². The third-order valence-electron chi connectivity index (χ3n) is 6.63. The Balaban J connectivity index is 1.57. The molecule has 0 bridgehead atoms. The van der Waals surface area contributed by atoms with Crippen LogP contribution in [-0.4, -0.2) is 53.6 Å². The van der Waals surface area contributed by atoms with E-state index in [4.69, 9.17) is 9.97 Å². The summed E-state index contributed by atoms with van der Waals surface area (Å²) in [7, 11) is -1.53. The number of benzene rings is 1. The zero-order chi connectivity index (χ0) is 23.1. The van der Waals surface area contributed by atoms with E-state index in [1.807, 2.05) is 29.2 Å². The molecule has 1 saturated heterocycles. The summed E-state index contributed by atoms with van der Waals surface area (Å²) >= 11 is 0. The molecule has 170 valence electrons. The van der Waals surface area contributed by atoms with Crippen molar-refractivity contribution in [2.45, 2.75) is 58.8 Å². The molecule has 1 unspecified atom stereocenters. The average Bonchev–Trinajstić information content (AvgIpc) is 3.51. The lowest BCUT2D eigenvalue weighted by Crippen LogP contribution is -2.33. The normalized spacial score (nSPS) is 18.4. The Hall–Kier alpha value is -3.17. The summed E-state index contributed by atoms with van der Waals surface area (Å²) in [4.78, 5) is 12.0. The maximum Gasteiger partial charge on any atom is 0.488 e. The number of hydrogen-bond donors (Lipinski definition) is 2. The number of aryl methyl sites for hydroxylation is 1. The number of imidazole rings is 1. The number of hydrogen-bond acceptors (Lipinski definition) is 6. The predicted molar refractivity (Wildman–Crippen MR) is 130 cm³/mol. The van der Waals surface area contributed by atoms with E-state index in [1.54, 1.807) is 12.1 Å². The molecule has 8 nitrogen and oxygen atoms in total. The van der Waals surface area contributed by atoms with E-state index in [9.17, 15) is 10.0 Å². The smallest absolute Gasteiger partial charge is 0.423 e. The Labute approximate surface area is 193 Å². The largest absolute Gasteiger partial charge is 0.488 e. The van der Waals surface area contributed by atoms with Crippen LogP contribution < -0.4 is 10.4 Å². The number of aromatic nitrogens is 5. The van der Waals surface area contributed by atoms with Gasteiger partial charge in [-0.2, -0.15) is 5.10 Å². The molecule has 1 aliphatic heterocycles. The second-order valence-corrected chi connectivity index (χ2v) is 8.89. The molecule has 1 aliphatic rings. The van der Waals surface area contributed by atoms with Gasteiger partial charge in [-0.25, -0.2) is 9.97 Å². The molecule has 2 atom stereocenters. The van der Waals surface area contributed by atoms with Gasteiger partial charge in [-0.15, -0.1) is 0 Å². The van der Waals surface area contributed by atoms with Crippen molar-refractivity contribution in [1.82, 2.24) is 24.3 Å². The zero-order valence-electron chi connectivity index (χ0n) is 19.3. The van der Waals surface area contributed by atoms with Gasteiger partial charge in [-0.3, -0.25) is 4.68 Å². The van der Waals surface area contributed by atoms with Crippen LogP contribution in [0.4, 0.5) is 5.82 Å². The number of nitrogens with zero attached hydrogens (tertiary/aromatic N) is 6. The second-order valence-electron chi connectivity index (χ2n) is 8.89. The fourth-order valence-corrected chi connectivity index (χ4v) is 4.83. The third kappa shape index (κ3) is 4.02. The summed E-state index contributed by atoms with van der Waals surface area (Å²) in [5.41, 5.74) is 3.88. The molecule has 5 rings (SSSR count). The molecule has 3 aromatic heterocycles. The van der Waals surface area contributed by atoms with Crippen molar-refractivity contribution in [3.8, 4) is 11.4 Å². The van der Waals surface area contributed by atoms with Crippen LogP contribution >= 0.6 is 0 Å². The number of pyridine rings is 1. The second kappa shape index (κ2) is 8.65. The maximum atomic E-state index is 9.61. The monoisotopic (exact) mass is 444 g/mol. The van der Waals surface area contributed by atoms with E-state index in [-0.39, 0.29) is 0 Å². The number of rotatable bonds is 6. The van der Waals surface area contributed by atoms with Crippen LogP contribution in [0.25, 0.3) is 22.4 Å². The molecule has 0 amide bonds. The van der Waals surface area contributed by atoms with Gasteiger partial charge in [0.15, 0.2) is 0 Å². The lowest BCUT2D eigenvalue weighted by molar-refractivity contribution is 0.426. The number of fused-ring (bicyclic) bond motifs is 1. The summed E-state index contributed by atoms with van der Waals surface area (Å²) < 4.78 is 4.02. The predicted octanol–water partition coefficient (Wildman–Crippen LogP) is 2.42. The Morgan fingerprint density at radius 3 is 2.48 bits per heavy atom. The lowest BCUT2D eigenvalue weighted by atomic mass is 9.80. The molecule has 33 heavy (non-hydrogen) atoms. The van der Waals surface area contributed by atoms with Crippen molar-refractivity contribution in [2.75, 3.05) is 4.90 Å². The first-order valence-corrected chi connectivity index (χ1v) is 11.6. The Bertz CT molecular complexity index is 1260. The van der Waals surface area contributed by atoms with Gasteiger partial charge in [-0.1, -0.05) is 6.07 Å². The van der Waals surface area contributed by atoms with E-state index in [0.717, 1.165) is 35.0 Å². The average molecular weight is 444 g/mol. The van der Waals surface area contributed by atoms with E-state index >= 15 is 0 Å². The highest BCUT2D eigenvalue weighted by atomic mass is 16.4. The Morgan fingerprint density at radius 2 is 1.85 bits per heavy atom. The minimum atomic E-state index is -1.53. The van der Waals surface area contributed by atoms with E-state index in [0.29, 0.717) is 29.6 Å². The molecule has 0 radical (unpaired) electrons. The van der Waals surface area contributed by atoms with Crippen LogP contribution in [0.1, 0.15) is 39.3 Å². The molecule has 4 heterocycles.